The molecule has 0 atom stereocenters. The number of benzene rings is 1. The molecule has 3 rings (SSSR count). The number of hydrogen-bond donors (Lipinski definition) is 3. The minimum atomic E-state index is -1.18. The van der Waals surface area contributed by atoms with E-state index in [0.717, 1.165) is 11.3 Å². The van der Waals surface area contributed by atoms with Crippen LogP contribution in [0.25, 0.3) is 10.4 Å². The normalized spacial score (nSPS) is 11.3. The van der Waals surface area contributed by atoms with Gasteiger partial charge in [0.2, 0.25) is 0 Å². The SMILES string of the molecule is CCN(C)C(=O)c1cccc(Nc2sc(-c3ccc(C(C)(C)O)cc3F)cc2C(N)=O)n1. The second kappa shape index (κ2) is 9.05. The van der Waals surface area contributed by atoms with Crippen molar-refractivity contribution in [3.8, 4) is 10.4 Å². The fraction of sp³-hybridized carbons (Fsp3) is 0.261. The van der Waals surface area contributed by atoms with Gasteiger partial charge in [0.25, 0.3) is 11.8 Å². The average molecular weight is 457 g/mol. The Labute approximate surface area is 189 Å². The van der Waals surface area contributed by atoms with E-state index in [1.54, 1.807) is 51.2 Å². The zero-order valence-corrected chi connectivity index (χ0v) is 19.1. The van der Waals surface area contributed by atoms with Crippen molar-refractivity contribution in [2.45, 2.75) is 26.4 Å². The standard InChI is InChI=1S/C23H25FN4O3S/c1-5-28(4)22(30)17-7-6-8-19(26-17)27-21-15(20(25)29)12-18(32-21)14-10-9-13(11-16(14)24)23(2,3)31/h6-12,31H,5H2,1-4H3,(H2,25,29)(H,26,27). The topological polar surface area (TPSA) is 109 Å². The van der Waals surface area contributed by atoms with Crippen molar-refractivity contribution < 1.29 is 19.1 Å². The Morgan fingerprint density at radius 2 is 1.97 bits per heavy atom. The van der Waals surface area contributed by atoms with E-state index < -0.39 is 17.3 Å². The van der Waals surface area contributed by atoms with Crippen molar-refractivity contribution in [2.75, 3.05) is 18.9 Å². The maximum Gasteiger partial charge on any atom is 0.272 e. The van der Waals surface area contributed by atoms with E-state index in [2.05, 4.69) is 10.3 Å². The summed E-state index contributed by atoms with van der Waals surface area (Å²) in [4.78, 5) is 30.7. The van der Waals surface area contributed by atoms with Crippen LogP contribution in [0.5, 0.6) is 0 Å². The Bertz CT molecular complexity index is 1170. The number of rotatable bonds is 7. The van der Waals surface area contributed by atoms with Gasteiger partial charge < -0.3 is 21.1 Å². The molecule has 168 valence electrons. The molecule has 0 saturated carbocycles. The van der Waals surface area contributed by atoms with Crippen LogP contribution >= 0.6 is 11.3 Å². The minimum absolute atomic E-state index is 0.181. The lowest BCUT2D eigenvalue weighted by Gasteiger charge is -2.18. The number of thiophene rings is 1. The van der Waals surface area contributed by atoms with Gasteiger partial charge in [0.05, 0.1) is 11.2 Å². The summed E-state index contributed by atoms with van der Waals surface area (Å²) in [5, 5.41) is 13.5. The van der Waals surface area contributed by atoms with Gasteiger partial charge in [0.1, 0.15) is 22.3 Å². The van der Waals surface area contributed by atoms with Crippen LogP contribution in [0.4, 0.5) is 15.2 Å². The van der Waals surface area contributed by atoms with E-state index in [4.69, 9.17) is 5.73 Å². The summed E-state index contributed by atoms with van der Waals surface area (Å²) in [7, 11) is 1.68. The third-order valence-corrected chi connectivity index (χ3v) is 6.05. The summed E-state index contributed by atoms with van der Waals surface area (Å²) < 4.78 is 14.8. The Morgan fingerprint density at radius 1 is 1.25 bits per heavy atom. The number of carbonyl (C=O) groups excluding carboxylic acids is 2. The molecule has 2 heterocycles. The molecule has 1 aromatic carbocycles. The number of aromatic nitrogens is 1. The maximum atomic E-state index is 14.8. The highest BCUT2D eigenvalue weighted by atomic mass is 32.1. The molecule has 0 aliphatic carbocycles. The molecule has 32 heavy (non-hydrogen) atoms. The van der Waals surface area contributed by atoms with Crippen molar-refractivity contribution in [1.82, 2.24) is 9.88 Å². The second-order valence-electron chi connectivity index (χ2n) is 7.82. The van der Waals surface area contributed by atoms with Crippen molar-refractivity contribution in [1.29, 1.82) is 0 Å². The number of carbonyl (C=O) groups is 2. The molecule has 2 amide bonds. The Morgan fingerprint density at radius 3 is 2.56 bits per heavy atom. The van der Waals surface area contributed by atoms with E-state index >= 15 is 0 Å². The number of pyridine rings is 1. The Hall–Kier alpha value is -3.30. The fourth-order valence-electron chi connectivity index (χ4n) is 2.97. The number of halogens is 1. The molecule has 0 aliphatic rings. The molecule has 7 nitrogen and oxygen atoms in total. The van der Waals surface area contributed by atoms with Crippen LogP contribution in [0.2, 0.25) is 0 Å². The summed E-state index contributed by atoms with van der Waals surface area (Å²) in [5.74, 6) is -1.08. The number of nitrogens with one attached hydrogen (secondary N) is 1. The summed E-state index contributed by atoms with van der Waals surface area (Å²) in [6.07, 6.45) is 0. The van der Waals surface area contributed by atoms with Gasteiger partial charge in [-0.3, -0.25) is 9.59 Å². The quantitative estimate of drug-likeness (QED) is 0.496. The first kappa shape index (κ1) is 23.4. The summed E-state index contributed by atoms with van der Waals surface area (Å²) in [5.41, 5.74) is 5.50. The average Bonchev–Trinajstić information content (AvgIpc) is 3.15. The highest BCUT2D eigenvalue weighted by Crippen LogP contribution is 2.38. The molecule has 0 fully saturated rings. The lowest BCUT2D eigenvalue weighted by Crippen LogP contribution is -2.27. The van der Waals surface area contributed by atoms with Gasteiger partial charge >= 0.3 is 0 Å². The molecule has 0 radical (unpaired) electrons. The molecule has 0 spiro atoms. The minimum Gasteiger partial charge on any atom is -0.386 e. The lowest BCUT2D eigenvalue weighted by molar-refractivity contribution is 0.0780. The van der Waals surface area contributed by atoms with Gasteiger partial charge in [-0.15, -0.1) is 11.3 Å². The highest BCUT2D eigenvalue weighted by molar-refractivity contribution is 7.19. The van der Waals surface area contributed by atoms with Gasteiger partial charge in [-0.05, 0) is 50.6 Å². The maximum absolute atomic E-state index is 14.8. The third-order valence-electron chi connectivity index (χ3n) is 4.97. The van der Waals surface area contributed by atoms with Crippen molar-refractivity contribution >= 4 is 34.0 Å². The number of nitrogens with two attached hydrogens (primary N) is 1. The Balaban J connectivity index is 1.97. The summed E-state index contributed by atoms with van der Waals surface area (Å²) >= 11 is 1.14. The van der Waals surface area contributed by atoms with E-state index in [0.29, 0.717) is 27.8 Å². The van der Waals surface area contributed by atoms with Gasteiger partial charge in [-0.25, -0.2) is 9.37 Å². The number of primary amides is 1. The molecule has 9 heteroatoms. The molecule has 0 aliphatic heterocycles. The van der Waals surface area contributed by atoms with Crippen molar-refractivity contribution in [3.05, 3.63) is 65.1 Å². The van der Waals surface area contributed by atoms with E-state index in [1.807, 2.05) is 6.92 Å². The van der Waals surface area contributed by atoms with Crippen LogP contribution in [0.15, 0.2) is 42.5 Å². The largest absolute Gasteiger partial charge is 0.386 e. The zero-order valence-electron chi connectivity index (χ0n) is 18.3. The first-order valence-electron chi connectivity index (χ1n) is 9.97. The second-order valence-corrected chi connectivity index (χ2v) is 8.88. The number of amides is 2. The predicted molar refractivity (Wildman–Crippen MR) is 124 cm³/mol. The highest BCUT2D eigenvalue weighted by Gasteiger charge is 2.21. The van der Waals surface area contributed by atoms with Crippen LogP contribution < -0.4 is 11.1 Å². The van der Waals surface area contributed by atoms with Crippen LogP contribution in [0.1, 0.15) is 47.2 Å². The first-order valence-corrected chi connectivity index (χ1v) is 10.8. The van der Waals surface area contributed by atoms with Gasteiger partial charge in [0.15, 0.2) is 0 Å². The van der Waals surface area contributed by atoms with Crippen LogP contribution in [0, 0.1) is 5.82 Å². The lowest BCUT2D eigenvalue weighted by atomic mass is 9.96. The number of nitrogens with zero attached hydrogens (tertiary/aromatic N) is 2. The van der Waals surface area contributed by atoms with Crippen molar-refractivity contribution in [2.24, 2.45) is 5.73 Å². The van der Waals surface area contributed by atoms with Crippen LogP contribution in [-0.2, 0) is 5.60 Å². The molecule has 2 aromatic heterocycles. The fourth-order valence-corrected chi connectivity index (χ4v) is 4.07. The number of aliphatic hydroxyl groups is 1. The third kappa shape index (κ3) is 4.95. The van der Waals surface area contributed by atoms with Gasteiger partial charge in [-0.1, -0.05) is 18.2 Å². The molecular weight excluding hydrogens is 431 g/mol. The first-order chi connectivity index (χ1) is 15.0. The van der Waals surface area contributed by atoms with Crippen LogP contribution in [0.3, 0.4) is 0 Å². The van der Waals surface area contributed by atoms with Crippen LogP contribution in [-0.4, -0.2) is 40.4 Å². The van der Waals surface area contributed by atoms with Crippen molar-refractivity contribution in [3.63, 3.8) is 0 Å². The van der Waals surface area contributed by atoms with E-state index in [9.17, 15) is 19.1 Å². The summed E-state index contributed by atoms with van der Waals surface area (Å²) in [6, 6.07) is 10.9. The molecular formula is C23H25FN4O3S. The Kier molecular flexibility index (Phi) is 6.61. The molecule has 4 N–H and O–H groups in total. The predicted octanol–water partition coefficient (Wildman–Crippen LogP) is 4.11. The van der Waals surface area contributed by atoms with Gasteiger partial charge in [-0.2, -0.15) is 0 Å². The smallest absolute Gasteiger partial charge is 0.272 e. The van der Waals surface area contributed by atoms with E-state index in [-0.39, 0.29) is 22.7 Å². The molecule has 3 aromatic rings. The monoisotopic (exact) mass is 456 g/mol. The molecule has 0 saturated heterocycles. The van der Waals surface area contributed by atoms with Gasteiger partial charge in [0, 0.05) is 24.0 Å². The molecule has 0 unspecified atom stereocenters. The molecule has 0 bridgehead atoms. The number of hydrogen-bond acceptors (Lipinski definition) is 6. The zero-order chi connectivity index (χ0) is 23.6. The number of anilines is 2. The summed E-state index contributed by atoms with van der Waals surface area (Å²) in [6.45, 7) is 5.55. The van der Waals surface area contributed by atoms with E-state index in [1.165, 1.54) is 17.0 Å².